The van der Waals surface area contributed by atoms with Crippen LogP contribution in [0.5, 0.6) is 0 Å². The van der Waals surface area contributed by atoms with Crippen LogP contribution in [0.3, 0.4) is 0 Å². The Bertz CT molecular complexity index is 837. The molecule has 0 saturated carbocycles. The molecule has 2 saturated heterocycles. The number of ether oxygens (including phenoxy) is 1. The molecule has 1 N–H and O–H groups in total. The van der Waals surface area contributed by atoms with E-state index in [9.17, 15) is 4.79 Å². The number of benzene rings is 1. The van der Waals surface area contributed by atoms with Gasteiger partial charge in [0.25, 0.3) is 0 Å². The summed E-state index contributed by atoms with van der Waals surface area (Å²) in [5.41, 5.74) is 4.79. The van der Waals surface area contributed by atoms with E-state index in [1.165, 1.54) is 44.3 Å². The molecule has 1 aliphatic carbocycles. The molecule has 3 heterocycles. The molecule has 27 heavy (non-hydrogen) atoms. The maximum Gasteiger partial charge on any atom is 0.335 e. The first kappa shape index (κ1) is 18.8. The van der Waals surface area contributed by atoms with E-state index in [0.29, 0.717) is 6.04 Å². The van der Waals surface area contributed by atoms with Crippen molar-refractivity contribution in [2.45, 2.75) is 50.5 Å². The summed E-state index contributed by atoms with van der Waals surface area (Å²) in [4.78, 5) is 12.8. The Morgan fingerprint density at radius 2 is 2.07 bits per heavy atom. The lowest BCUT2D eigenvalue weighted by atomic mass is 9.53. The molecule has 0 bridgehead atoms. The summed E-state index contributed by atoms with van der Waals surface area (Å²) in [5, 5.41) is 3.68. The topological polar surface area (TPSA) is 38.3 Å². The monoisotopic (exact) mass is 388 g/mol. The normalized spacial score (nSPS) is 38.3. The molecule has 0 radical (unpaired) electrons. The van der Waals surface area contributed by atoms with Crippen molar-refractivity contribution in [1.29, 1.82) is 0 Å². The second-order valence-electron chi connectivity index (χ2n) is 9.06. The van der Waals surface area contributed by atoms with E-state index in [1.807, 2.05) is 0 Å². The first-order valence-electron chi connectivity index (χ1n) is 10.0. The zero-order chi connectivity index (χ0) is 18.2. The Morgan fingerprint density at radius 3 is 2.81 bits per heavy atom. The van der Waals surface area contributed by atoms with Crippen LogP contribution in [0.15, 0.2) is 35.5 Å². The van der Waals surface area contributed by atoms with Gasteiger partial charge >= 0.3 is 5.97 Å². The summed E-state index contributed by atoms with van der Waals surface area (Å²) in [6.45, 7) is 4.79. The number of esters is 1. The largest absolute Gasteiger partial charge is 1.00 e. The van der Waals surface area contributed by atoms with Crippen molar-refractivity contribution in [3.63, 3.8) is 0 Å². The second-order valence-corrected chi connectivity index (χ2v) is 9.06. The van der Waals surface area contributed by atoms with Gasteiger partial charge in [-0.3, -0.25) is 0 Å². The summed E-state index contributed by atoms with van der Waals surface area (Å²) in [7, 11) is 3.98. The molecule has 5 heteroatoms. The molecule has 146 valence electrons. The van der Waals surface area contributed by atoms with E-state index in [-0.39, 0.29) is 29.2 Å². The Labute approximate surface area is 168 Å². The van der Waals surface area contributed by atoms with E-state index in [2.05, 4.69) is 43.6 Å². The minimum atomic E-state index is -0.141. The smallest absolute Gasteiger partial charge is 0.335 e. The number of anilines is 1. The van der Waals surface area contributed by atoms with E-state index in [4.69, 9.17) is 4.74 Å². The van der Waals surface area contributed by atoms with Gasteiger partial charge in [-0.1, -0.05) is 25.1 Å². The van der Waals surface area contributed by atoms with Crippen LogP contribution in [0.1, 0.15) is 44.6 Å². The maximum atomic E-state index is 12.8. The van der Waals surface area contributed by atoms with Gasteiger partial charge < -0.3 is 26.9 Å². The lowest BCUT2D eigenvalue weighted by Crippen LogP contribution is -3.00. The molecule has 2 fully saturated rings. The maximum absolute atomic E-state index is 12.8. The number of methoxy groups -OCH3 is 1. The number of carbonyl (C=O) groups excluding carboxylic acids is 1. The van der Waals surface area contributed by atoms with Crippen LogP contribution in [0.25, 0.3) is 0 Å². The average Bonchev–Trinajstić information content (AvgIpc) is 3.17. The Kier molecular flexibility index (Phi) is 4.17. The van der Waals surface area contributed by atoms with Gasteiger partial charge in [0, 0.05) is 23.2 Å². The van der Waals surface area contributed by atoms with Gasteiger partial charge in [-0.25, -0.2) is 4.79 Å². The fraction of sp³-hybridized carbons (Fsp3) is 0.591. The number of carbonyl (C=O) groups is 1. The van der Waals surface area contributed by atoms with Gasteiger partial charge in [-0.05, 0) is 37.3 Å². The van der Waals surface area contributed by atoms with Crippen LogP contribution in [-0.4, -0.2) is 43.7 Å². The number of nitrogens with one attached hydrogen (secondary N) is 1. The molecule has 4 aliphatic rings. The fourth-order valence-corrected chi connectivity index (χ4v) is 7.25. The number of halogens is 1. The number of quaternary nitrogens is 1. The number of hydrogen-bond donors (Lipinski definition) is 1. The quantitative estimate of drug-likeness (QED) is 0.595. The van der Waals surface area contributed by atoms with Crippen LogP contribution in [0, 0.1) is 5.41 Å². The first-order valence-corrected chi connectivity index (χ1v) is 10.0. The summed E-state index contributed by atoms with van der Waals surface area (Å²) in [6, 6.07) is 9.26. The number of fused-ring (bicyclic) bond motifs is 1. The number of nitrogens with zero attached hydrogens (tertiary/aromatic N) is 1. The van der Waals surface area contributed by atoms with Gasteiger partial charge in [0.2, 0.25) is 0 Å². The van der Waals surface area contributed by atoms with Crippen molar-refractivity contribution in [3.05, 3.63) is 41.1 Å². The number of piperidine rings is 1. The SMILES string of the molecule is CCC12CCC[N+]3(C)CCC4(C(=C(C(=O)OC)C1)Nc1ccccc14)C23.[Cl-]. The highest BCUT2D eigenvalue weighted by atomic mass is 35.5. The summed E-state index contributed by atoms with van der Waals surface area (Å²) in [6.07, 6.45) is 5.58. The lowest BCUT2D eigenvalue weighted by Gasteiger charge is -2.57. The van der Waals surface area contributed by atoms with Gasteiger partial charge in [-0.2, -0.15) is 0 Å². The molecule has 1 aromatic carbocycles. The molecule has 3 aliphatic heterocycles. The highest BCUT2D eigenvalue weighted by Crippen LogP contribution is 2.66. The zero-order valence-corrected chi connectivity index (χ0v) is 17.2. The van der Waals surface area contributed by atoms with Crippen molar-refractivity contribution in [2.24, 2.45) is 5.41 Å². The molecule has 1 spiro atoms. The van der Waals surface area contributed by atoms with Gasteiger partial charge in [-0.15, -0.1) is 0 Å². The Balaban J connectivity index is 0.00000180. The van der Waals surface area contributed by atoms with E-state index in [1.54, 1.807) is 0 Å². The molecule has 1 aromatic rings. The second kappa shape index (κ2) is 5.99. The molecule has 4 nitrogen and oxygen atoms in total. The summed E-state index contributed by atoms with van der Waals surface area (Å²) >= 11 is 0. The minimum absolute atomic E-state index is 0. The standard InChI is InChI=1S/C22H28N2O2.ClH/c1-4-21-10-7-12-24(2)13-11-22(20(21)24)16-8-5-6-9-17(16)23-18(22)15(14-21)19(25)26-3;/h5-6,8-9,20H,4,7,10-14H2,1-3H3;1H. The van der Waals surface area contributed by atoms with Crippen LogP contribution in [0.4, 0.5) is 5.69 Å². The van der Waals surface area contributed by atoms with Crippen LogP contribution < -0.4 is 17.7 Å². The van der Waals surface area contributed by atoms with Gasteiger partial charge in [0.1, 0.15) is 6.04 Å². The predicted molar refractivity (Wildman–Crippen MR) is 102 cm³/mol. The molecular weight excluding hydrogens is 360 g/mol. The molecule has 5 rings (SSSR count). The third-order valence-electron chi connectivity index (χ3n) is 8.11. The Hall–Kier alpha value is -1.52. The molecule has 0 amide bonds. The van der Waals surface area contributed by atoms with Crippen molar-refractivity contribution in [2.75, 3.05) is 32.6 Å². The average molecular weight is 389 g/mol. The van der Waals surface area contributed by atoms with Crippen molar-refractivity contribution in [1.82, 2.24) is 0 Å². The van der Waals surface area contributed by atoms with E-state index >= 15 is 0 Å². The summed E-state index contributed by atoms with van der Waals surface area (Å²) < 4.78 is 6.41. The van der Waals surface area contributed by atoms with Gasteiger partial charge in [0.05, 0.1) is 38.2 Å². The van der Waals surface area contributed by atoms with Gasteiger partial charge in [0.15, 0.2) is 0 Å². The molecule has 4 unspecified atom stereocenters. The number of rotatable bonds is 2. The molecular formula is C22H29ClN2O2. The number of hydrogen-bond acceptors (Lipinski definition) is 3. The third kappa shape index (κ3) is 2.11. The van der Waals surface area contributed by atoms with E-state index < -0.39 is 0 Å². The first-order chi connectivity index (χ1) is 12.5. The van der Waals surface area contributed by atoms with E-state index in [0.717, 1.165) is 35.0 Å². The summed E-state index contributed by atoms with van der Waals surface area (Å²) in [5.74, 6) is -0.141. The van der Waals surface area contributed by atoms with Crippen molar-refractivity contribution < 1.29 is 26.4 Å². The number of likely N-dealkylation sites (N-methyl/N-ethyl adjacent to an activating group) is 1. The third-order valence-corrected chi connectivity index (χ3v) is 8.11. The van der Waals surface area contributed by atoms with Crippen LogP contribution in [0.2, 0.25) is 0 Å². The van der Waals surface area contributed by atoms with Crippen LogP contribution >= 0.6 is 0 Å². The molecule has 4 atom stereocenters. The highest BCUT2D eigenvalue weighted by Gasteiger charge is 2.71. The highest BCUT2D eigenvalue weighted by molar-refractivity contribution is 5.93. The Morgan fingerprint density at radius 1 is 1.30 bits per heavy atom. The van der Waals surface area contributed by atoms with Crippen LogP contribution in [-0.2, 0) is 14.9 Å². The molecule has 0 aromatic heterocycles. The minimum Gasteiger partial charge on any atom is -1.00 e. The van der Waals surface area contributed by atoms with Crippen molar-refractivity contribution in [3.8, 4) is 0 Å². The zero-order valence-electron chi connectivity index (χ0n) is 16.5. The van der Waals surface area contributed by atoms with Crippen molar-refractivity contribution >= 4 is 11.7 Å². The fourth-order valence-electron chi connectivity index (χ4n) is 7.25. The lowest BCUT2D eigenvalue weighted by molar-refractivity contribution is -0.936. The number of para-hydroxylation sites is 1. The predicted octanol–water partition coefficient (Wildman–Crippen LogP) is 0.594.